The van der Waals surface area contributed by atoms with Gasteiger partial charge in [0.2, 0.25) is 5.91 Å². The molecule has 0 aromatic heterocycles. The number of rotatable bonds is 9. The zero-order valence-electron chi connectivity index (χ0n) is 17.4. The topological polar surface area (TPSA) is 20.3 Å². The summed E-state index contributed by atoms with van der Waals surface area (Å²) >= 11 is 5.61. The highest BCUT2D eigenvalue weighted by Crippen LogP contribution is 2.35. The van der Waals surface area contributed by atoms with Gasteiger partial charge in [0, 0.05) is 19.0 Å². The van der Waals surface area contributed by atoms with Gasteiger partial charge in [-0.1, -0.05) is 63.6 Å². The van der Waals surface area contributed by atoms with Gasteiger partial charge in [0.15, 0.2) is 0 Å². The van der Waals surface area contributed by atoms with Gasteiger partial charge in [-0.05, 0) is 74.5 Å². The van der Waals surface area contributed by atoms with Crippen LogP contribution in [0.1, 0.15) is 116 Å². The zero-order valence-corrected chi connectivity index (χ0v) is 18.2. The second-order valence-electron chi connectivity index (χ2n) is 9.48. The van der Waals surface area contributed by atoms with Crippen molar-refractivity contribution in [2.24, 2.45) is 11.8 Å². The van der Waals surface area contributed by atoms with E-state index in [2.05, 4.69) is 4.90 Å². The maximum atomic E-state index is 12.7. The standard InChI is InChI=1S/C24H41NOS/c26-24(25-19-9-13-21-12-7-8-15-23(21)25)16-6-2-5-14-22(27)18-17-20-10-3-1-4-11-20/h20-21,23H,1-19H2. The monoisotopic (exact) mass is 391 g/mol. The van der Waals surface area contributed by atoms with Crippen molar-refractivity contribution in [3.05, 3.63) is 0 Å². The maximum Gasteiger partial charge on any atom is 0.222 e. The fourth-order valence-corrected chi connectivity index (χ4v) is 6.08. The molecule has 1 amide bonds. The zero-order chi connectivity index (χ0) is 18.9. The molecule has 154 valence electrons. The van der Waals surface area contributed by atoms with E-state index in [0.29, 0.717) is 11.9 Å². The number of hydrogen-bond acceptors (Lipinski definition) is 2. The van der Waals surface area contributed by atoms with Crippen molar-refractivity contribution >= 4 is 23.0 Å². The molecule has 3 fully saturated rings. The van der Waals surface area contributed by atoms with Gasteiger partial charge >= 0.3 is 0 Å². The van der Waals surface area contributed by atoms with Crippen LogP contribution in [-0.2, 0) is 4.79 Å². The first-order valence-corrected chi connectivity index (χ1v) is 12.5. The van der Waals surface area contributed by atoms with E-state index in [-0.39, 0.29) is 0 Å². The molecule has 27 heavy (non-hydrogen) atoms. The van der Waals surface area contributed by atoms with Crippen LogP contribution in [0.15, 0.2) is 0 Å². The quantitative estimate of drug-likeness (QED) is 0.316. The van der Waals surface area contributed by atoms with Gasteiger partial charge in [-0.25, -0.2) is 0 Å². The second kappa shape index (κ2) is 11.5. The summed E-state index contributed by atoms with van der Waals surface area (Å²) in [5, 5.41) is 0. The lowest BCUT2D eigenvalue weighted by atomic mass is 9.78. The number of carbonyl (C=O) groups is 1. The molecule has 1 aliphatic heterocycles. The van der Waals surface area contributed by atoms with Crippen LogP contribution in [-0.4, -0.2) is 28.3 Å². The molecule has 2 unspecified atom stereocenters. The van der Waals surface area contributed by atoms with Crippen molar-refractivity contribution in [1.29, 1.82) is 0 Å². The number of hydrogen-bond donors (Lipinski definition) is 0. The lowest BCUT2D eigenvalue weighted by Gasteiger charge is -2.44. The Bertz CT molecular complexity index is 469. The number of nitrogens with zero attached hydrogens (tertiary/aromatic N) is 1. The fourth-order valence-electron chi connectivity index (χ4n) is 5.82. The molecular weight excluding hydrogens is 350 g/mol. The lowest BCUT2D eigenvalue weighted by Crippen LogP contribution is -2.49. The molecular formula is C24H41NOS. The third kappa shape index (κ3) is 6.84. The van der Waals surface area contributed by atoms with Crippen LogP contribution in [0, 0.1) is 11.8 Å². The van der Waals surface area contributed by atoms with Gasteiger partial charge in [0.05, 0.1) is 0 Å². The normalized spacial score (nSPS) is 26.6. The van der Waals surface area contributed by atoms with E-state index < -0.39 is 0 Å². The average molecular weight is 392 g/mol. The molecule has 3 aliphatic rings. The summed E-state index contributed by atoms with van der Waals surface area (Å²) in [5.41, 5.74) is 0. The number of piperidine rings is 1. The first-order chi connectivity index (χ1) is 13.2. The van der Waals surface area contributed by atoms with Crippen molar-refractivity contribution in [2.75, 3.05) is 6.54 Å². The Balaban J connectivity index is 1.25. The molecule has 1 heterocycles. The highest BCUT2D eigenvalue weighted by Gasteiger charge is 2.35. The molecule has 0 aromatic rings. The molecule has 2 saturated carbocycles. The molecule has 2 aliphatic carbocycles. The van der Waals surface area contributed by atoms with Crippen molar-refractivity contribution in [1.82, 2.24) is 4.90 Å². The van der Waals surface area contributed by atoms with Crippen molar-refractivity contribution in [3.8, 4) is 0 Å². The van der Waals surface area contributed by atoms with Gasteiger partial charge < -0.3 is 4.90 Å². The summed E-state index contributed by atoms with van der Waals surface area (Å²) in [6, 6.07) is 0.576. The minimum Gasteiger partial charge on any atom is -0.339 e. The van der Waals surface area contributed by atoms with Crippen LogP contribution < -0.4 is 0 Å². The highest BCUT2D eigenvalue weighted by atomic mass is 32.1. The molecule has 0 bridgehead atoms. The summed E-state index contributed by atoms with van der Waals surface area (Å²) in [4.78, 5) is 16.3. The summed E-state index contributed by atoms with van der Waals surface area (Å²) in [6.45, 7) is 1.02. The molecule has 0 spiro atoms. The highest BCUT2D eigenvalue weighted by molar-refractivity contribution is 7.80. The molecule has 0 radical (unpaired) electrons. The molecule has 1 saturated heterocycles. The van der Waals surface area contributed by atoms with Crippen LogP contribution in [0.3, 0.4) is 0 Å². The Labute approximate surface area is 172 Å². The van der Waals surface area contributed by atoms with Gasteiger partial charge in [0.1, 0.15) is 0 Å². The van der Waals surface area contributed by atoms with E-state index in [0.717, 1.165) is 50.5 Å². The average Bonchev–Trinajstić information content (AvgIpc) is 2.72. The van der Waals surface area contributed by atoms with Gasteiger partial charge in [0.25, 0.3) is 0 Å². The fraction of sp³-hybridized carbons (Fsp3) is 0.917. The number of fused-ring (bicyclic) bond motifs is 1. The predicted molar refractivity (Wildman–Crippen MR) is 118 cm³/mol. The van der Waals surface area contributed by atoms with Crippen LogP contribution >= 0.6 is 12.2 Å². The molecule has 3 heteroatoms. The summed E-state index contributed by atoms with van der Waals surface area (Å²) < 4.78 is 0. The Morgan fingerprint density at radius 1 is 0.778 bits per heavy atom. The molecule has 2 atom stereocenters. The molecule has 2 nitrogen and oxygen atoms in total. The minimum atomic E-state index is 0.437. The summed E-state index contributed by atoms with van der Waals surface area (Å²) in [6.07, 6.45) is 22.8. The van der Waals surface area contributed by atoms with Crippen LogP contribution in [0.25, 0.3) is 0 Å². The number of amides is 1. The Hall–Kier alpha value is -0.440. The first kappa shape index (κ1) is 21.3. The van der Waals surface area contributed by atoms with E-state index in [1.807, 2.05) is 0 Å². The van der Waals surface area contributed by atoms with Crippen LogP contribution in [0.2, 0.25) is 0 Å². The number of unbranched alkanes of at least 4 members (excludes halogenated alkanes) is 2. The Kier molecular flexibility index (Phi) is 9.09. The SMILES string of the molecule is O=C(CCCCCC(=S)CCC1CCCCC1)N1CCCC2CCCCC21. The molecule has 3 rings (SSSR count). The van der Waals surface area contributed by atoms with Crippen LogP contribution in [0.4, 0.5) is 0 Å². The van der Waals surface area contributed by atoms with Crippen LogP contribution in [0.5, 0.6) is 0 Å². The van der Waals surface area contributed by atoms with Crippen molar-refractivity contribution in [2.45, 2.75) is 122 Å². The summed E-state index contributed by atoms with van der Waals surface area (Å²) in [5.74, 6) is 2.19. The number of thiocarbonyl (C=S) groups is 1. The maximum absolute atomic E-state index is 12.7. The smallest absolute Gasteiger partial charge is 0.222 e. The van der Waals surface area contributed by atoms with Crippen molar-refractivity contribution < 1.29 is 4.79 Å². The number of likely N-dealkylation sites (tertiary alicyclic amines) is 1. The van der Waals surface area contributed by atoms with Gasteiger partial charge in [-0.15, -0.1) is 0 Å². The predicted octanol–water partition coefficient (Wildman–Crippen LogP) is 6.85. The second-order valence-corrected chi connectivity index (χ2v) is 10.1. The third-order valence-corrected chi connectivity index (χ3v) is 7.87. The van der Waals surface area contributed by atoms with Gasteiger partial charge in [-0.3, -0.25) is 4.79 Å². The van der Waals surface area contributed by atoms with E-state index in [1.165, 1.54) is 88.3 Å². The Morgan fingerprint density at radius 2 is 1.48 bits per heavy atom. The molecule has 0 N–H and O–H groups in total. The largest absolute Gasteiger partial charge is 0.339 e. The van der Waals surface area contributed by atoms with E-state index in [9.17, 15) is 4.79 Å². The van der Waals surface area contributed by atoms with E-state index in [4.69, 9.17) is 12.2 Å². The summed E-state index contributed by atoms with van der Waals surface area (Å²) in [7, 11) is 0. The van der Waals surface area contributed by atoms with E-state index in [1.54, 1.807) is 0 Å². The number of carbonyl (C=O) groups excluding carboxylic acids is 1. The minimum absolute atomic E-state index is 0.437. The van der Waals surface area contributed by atoms with Crippen molar-refractivity contribution in [3.63, 3.8) is 0 Å². The van der Waals surface area contributed by atoms with Gasteiger partial charge in [-0.2, -0.15) is 0 Å². The first-order valence-electron chi connectivity index (χ1n) is 12.0. The third-order valence-electron chi connectivity index (χ3n) is 7.47. The molecule has 0 aromatic carbocycles. The lowest BCUT2D eigenvalue weighted by molar-refractivity contribution is -0.137. The Morgan fingerprint density at radius 3 is 2.33 bits per heavy atom. The van der Waals surface area contributed by atoms with E-state index >= 15 is 0 Å².